The lowest BCUT2D eigenvalue weighted by Crippen LogP contribution is -2.10. The third-order valence-corrected chi connectivity index (χ3v) is 4.58. The molecule has 5 heteroatoms. The summed E-state index contributed by atoms with van der Waals surface area (Å²) in [5.74, 6) is 0. The van der Waals surface area contributed by atoms with Crippen LogP contribution in [0.15, 0.2) is 39.8 Å². The predicted molar refractivity (Wildman–Crippen MR) is 79.7 cm³/mol. The molecule has 1 heterocycles. The summed E-state index contributed by atoms with van der Waals surface area (Å²) >= 11 is 5.20. The van der Waals surface area contributed by atoms with Gasteiger partial charge in [-0.2, -0.15) is 5.10 Å². The number of hydrogen-bond donors (Lipinski definition) is 1. The molecule has 0 bridgehead atoms. The van der Waals surface area contributed by atoms with Gasteiger partial charge in [-0.1, -0.05) is 39.8 Å². The van der Waals surface area contributed by atoms with Crippen molar-refractivity contribution in [3.63, 3.8) is 0 Å². The molecular formula is C13H16BrN3S. The van der Waals surface area contributed by atoms with Crippen molar-refractivity contribution < 1.29 is 0 Å². The minimum absolute atomic E-state index is 0.257. The van der Waals surface area contributed by atoms with Crippen molar-refractivity contribution in [2.45, 2.75) is 17.2 Å². The van der Waals surface area contributed by atoms with Crippen LogP contribution < -0.4 is 5.73 Å². The predicted octanol–water partition coefficient (Wildman–Crippen LogP) is 3.28. The lowest BCUT2D eigenvalue weighted by Gasteiger charge is -2.14. The van der Waals surface area contributed by atoms with E-state index < -0.39 is 0 Å². The zero-order valence-electron chi connectivity index (χ0n) is 10.4. The molecule has 0 spiro atoms. The van der Waals surface area contributed by atoms with Crippen LogP contribution in [-0.4, -0.2) is 16.3 Å². The average molecular weight is 326 g/mol. The minimum Gasteiger partial charge on any atom is -0.329 e. The Labute approximate surface area is 120 Å². The largest absolute Gasteiger partial charge is 0.329 e. The highest BCUT2D eigenvalue weighted by Gasteiger charge is 2.14. The molecule has 2 aromatic rings. The fourth-order valence-corrected chi connectivity index (χ4v) is 3.15. The summed E-state index contributed by atoms with van der Waals surface area (Å²) in [6.07, 6.45) is 0. The lowest BCUT2D eigenvalue weighted by molar-refractivity contribution is 0.690. The van der Waals surface area contributed by atoms with Gasteiger partial charge >= 0.3 is 0 Å². The minimum atomic E-state index is 0.257. The van der Waals surface area contributed by atoms with Gasteiger partial charge in [-0.25, -0.2) is 0 Å². The van der Waals surface area contributed by atoms with Crippen LogP contribution in [0.5, 0.6) is 0 Å². The van der Waals surface area contributed by atoms with E-state index in [1.807, 2.05) is 30.8 Å². The standard InChI is InChI=1S/C13H16BrN3S/c1-9-7-13(17(2)16-9)18-12(8-15)10-3-5-11(14)6-4-10/h3-7,12H,8,15H2,1-2H3. The molecule has 0 aliphatic carbocycles. The quantitative estimate of drug-likeness (QED) is 0.877. The van der Waals surface area contributed by atoms with Gasteiger partial charge in [0.15, 0.2) is 0 Å². The number of aromatic nitrogens is 2. The van der Waals surface area contributed by atoms with Gasteiger partial charge in [-0.3, -0.25) is 4.68 Å². The zero-order valence-corrected chi connectivity index (χ0v) is 12.8. The molecule has 1 atom stereocenters. The maximum Gasteiger partial charge on any atom is 0.0945 e. The molecule has 0 saturated carbocycles. The Morgan fingerprint density at radius 2 is 2.06 bits per heavy atom. The van der Waals surface area contributed by atoms with Gasteiger partial charge in [0.2, 0.25) is 0 Å². The van der Waals surface area contributed by atoms with Gasteiger partial charge in [0.1, 0.15) is 0 Å². The number of thioether (sulfide) groups is 1. The van der Waals surface area contributed by atoms with Crippen LogP contribution in [0.25, 0.3) is 0 Å². The maximum atomic E-state index is 5.89. The second kappa shape index (κ2) is 5.91. The van der Waals surface area contributed by atoms with Crippen LogP contribution >= 0.6 is 27.7 Å². The molecule has 96 valence electrons. The molecule has 0 aliphatic rings. The lowest BCUT2D eigenvalue weighted by atomic mass is 10.1. The summed E-state index contributed by atoms with van der Waals surface area (Å²) in [4.78, 5) is 0. The molecule has 3 nitrogen and oxygen atoms in total. The van der Waals surface area contributed by atoms with E-state index in [0.29, 0.717) is 6.54 Å². The number of benzene rings is 1. The molecule has 1 aromatic heterocycles. The fourth-order valence-electron chi connectivity index (χ4n) is 1.77. The smallest absolute Gasteiger partial charge is 0.0945 e. The van der Waals surface area contributed by atoms with Crippen molar-refractivity contribution in [3.8, 4) is 0 Å². The van der Waals surface area contributed by atoms with Crippen LogP contribution in [0.1, 0.15) is 16.5 Å². The van der Waals surface area contributed by atoms with Crippen molar-refractivity contribution in [1.29, 1.82) is 0 Å². The van der Waals surface area contributed by atoms with Gasteiger partial charge in [0.05, 0.1) is 10.7 Å². The first-order valence-electron chi connectivity index (χ1n) is 5.73. The normalized spacial score (nSPS) is 12.7. The van der Waals surface area contributed by atoms with E-state index in [1.165, 1.54) is 5.56 Å². The van der Waals surface area contributed by atoms with Crippen LogP contribution in [0.3, 0.4) is 0 Å². The van der Waals surface area contributed by atoms with Crippen molar-refractivity contribution in [1.82, 2.24) is 9.78 Å². The highest BCUT2D eigenvalue weighted by molar-refractivity contribution is 9.10. The molecule has 2 rings (SSSR count). The Bertz CT molecular complexity index is 522. The highest BCUT2D eigenvalue weighted by atomic mass is 79.9. The SMILES string of the molecule is Cc1cc(SC(CN)c2ccc(Br)cc2)n(C)n1. The van der Waals surface area contributed by atoms with Gasteiger partial charge in [-0.05, 0) is 30.7 Å². The van der Waals surface area contributed by atoms with Gasteiger partial charge in [-0.15, -0.1) is 0 Å². The van der Waals surface area contributed by atoms with Crippen LogP contribution in [0, 0.1) is 6.92 Å². The van der Waals surface area contributed by atoms with Crippen molar-refractivity contribution in [3.05, 3.63) is 46.1 Å². The first-order valence-corrected chi connectivity index (χ1v) is 7.40. The topological polar surface area (TPSA) is 43.8 Å². The maximum absolute atomic E-state index is 5.89. The second-order valence-electron chi connectivity index (χ2n) is 4.14. The number of nitrogens with zero attached hydrogens (tertiary/aromatic N) is 2. The van der Waals surface area contributed by atoms with E-state index in [9.17, 15) is 0 Å². The third kappa shape index (κ3) is 3.16. The summed E-state index contributed by atoms with van der Waals surface area (Å²) in [6, 6.07) is 10.4. The van der Waals surface area contributed by atoms with E-state index >= 15 is 0 Å². The molecular weight excluding hydrogens is 310 g/mol. The number of nitrogens with two attached hydrogens (primary N) is 1. The molecule has 0 aliphatic heterocycles. The first kappa shape index (κ1) is 13.6. The van der Waals surface area contributed by atoms with Crippen LogP contribution in [0.2, 0.25) is 0 Å². The summed E-state index contributed by atoms with van der Waals surface area (Å²) in [5, 5.41) is 5.76. The Morgan fingerprint density at radius 3 is 2.56 bits per heavy atom. The first-order chi connectivity index (χ1) is 8.60. The van der Waals surface area contributed by atoms with Crippen LogP contribution in [-0.2, 0) is 7.05 Å². The molecule has 0 amide bonds. The van der Waals surface area contributed by atoms with Crippen molar-refractivity contribution in [2.75, 3.05) is 6.54 Å². The summed E-state index contributed by atoms with van der Waals surface area (Å²) < 4.78 is 2.99. The summed E-state index contributed by atoms with van der Waals surface area (Å²) in [7, 11) is 1.96. The van der Waals surface area contributed by atoms with E-state index in [-0.39, 0.29) is 5.25 Å². The second-order valence-corrected chi connectivity index (χ2v) is 6.28. The Hall–Kier alpha value is -0.780. The van der Waals surface area contributed by atoms with E-state index in [4.69, 9.17) is 5.73 Å². The Balaban J connectivity index is 2.19. The number of hydrogen-bond acceptors (Lipinski definition) is 3. The Morgan fingerprint density at radius 1 is 1.39 bits per heavy atom. The van der Waals surface area contributed by atoms with Gasteiger partial charge in [0, 0.05) is 23.3 Å². The molecule has 0 saturated heterocycles. The molecule has 0 radical (unpaired) electrons. The number of aryl methyl sites for hydroxylation is 2. The van der Waals surface area contributed by atoms with Crippen molar-refractivity contribution >= 4 is 27.7 Å². The number of rotatable bonds is 4. The van der Waals surface area contributed by atoms with E-state index in [1.54, 1.807) is 11.8 Å². The highest BCUT2D eigenvalue weighted by Crippen LogP contribution is 2.34. The summed E-state index contributed by atoms with van der Waals surface area (Å²) in [5.41, 5.74) is 8.16. The average Bonchev–Trinajstić information content (AvgIpc) is 2.66. The molecule has 1 unspecified atom stereocenters. The third-order valence-electron chi connectivity index (χ3n) is 2.68. The monoisotopic (exact) mass is 325 g/mol. The van der Waals surface area contributed by atoms with Gasteiger partial charge in [0.25, 0.3) is 0 Å². The number of halogens is 1. The zero-order chi connectivity index (χ0) is 13.1. The molecule has 0 fully saturated rings. The van der Waals surface area contributed by atoms with Crippen molar-refractivity contribution in [2.24, 2.45) is 12.8 Å². The molecule has 1 aromatic carbocycles. The van der Waals surface area contributed by atoms with Crippen LogP contribution in [0.4, 0.5) is 0 Å². The van der Waals surface area contributed by atoms with Gasteiger partial charge < -0.3 is 5.73 Å². The molecule has 18 heavy (non-hydrogen) atoms. The van der Waals surface area contributed by atoms with E-state index in [2.05, 4.69) is 39.2 Å². The summed E-state index contributed by atoms with van der Waals surface area (Å²) in [6.45, 7) is 2.61. The fraction of sp³-hybridized carbons (Fsp3) is 0.308. The van der Waals surface area contributed by atoms with E-state index in [0.717, 1.165) is 15.2 Å². The Kier molecular flexibility index (Phi) is 4.48. The molecule has 2 N–H and O–H groups in total.